The third kappa shape index (κ3) is 1.84. The highest BCUT2D eigenvalue weighted by Gasteiger charge is 2.15. The summed E-state index contributed by atoms with van der Waals surface area (Å²) in [4.78, 5) is 4.49. The molecule has 0 unspecified atom stereocenters. The van der Waals surface area contributed by atoms with Crippen LogP contribution in [-0.4, -0.2) is 9.55 Å². The van der Waals surface area contributed by atoms with E-state index < -0.39 is 0 Å². The fraction of sp³-hybridized carbons (Fsp3) is 0.188. The van der Waals surface area contributed by atoms with Crippen LogP contribution in [-0.2, 0) is 6.54 Å². The average molecular weight is 269 g/mol. The van der Waals surface area contributed by atoms with E-state index >= 15 is 0 Å². The molecule has 0 saturated carbocycles. The molecule has 0 saturated heterocycles. The first-order valence-corrected chi connectivity index (χ1v) is 6.63. The molecule has 3 rings (SSSR count). The molecule has 0 aliphatic carbocycles. The van der Waals surface area contributed by atoms with Gasteiger partial charge in [0, 0.05) is 17.8 Å². The molecule has 1 aromatic heterocycles. The molecule has 0 aliphatic rings. The number of nitrogens with two attached hydrogens (primary N) is 1. The number of fused-ring (bicyclic) bond motifs is 1. The molecule has 102 valence electrons. The van der Waals surface area contributed by atoms with Gasteiger partial charge in [0.2, 0.25) is 0 Å². The molecule has 0 fully saturated rings. The quantitative estimate of drug-likeness (QED) is 0.720. The standard InChI is InChI=1S/C16H16FN3/c1-3-20-14-6-4-5-13(17)15(14)19-16(20)12-9-11(18)8-7-10(12)2/h4-9H,3,18H2,1-2H3. The second kappa shape index (κ2) is 4.63. The van der Waals surface area contributed by atoms with Gasteiger partial charge in [-0.2, -0.15) is 0 Å². The minimum atomic E-state index is -0.294. The van der Waals surface area contributed by atoms with Crippen LogP contribution in [0.25, 0.3) is 22.4 Å². The Morgan fingerprint density at radius 3 is 2.80 bits per heavy atom. The molecule has 4 heteroatoms. The number of aromatic nitrogens is 2. The van der Waals surface area contributed by atoms with Crippen molar-refractivity contribution < 1.29 is 4.39 Å². The van der Waals surface area contributed by atoms with Gasteiger partial charge in [-0.3, -0.25) is 0 Å². The van der Waals surface area contributed by atoms with Crippen LogP contribution in [0.15, 0.2) is 36.4 Å². The molecule has 0 radical (unpaired) electrons. The van der Waals surface area contributed by atoms with Crippen molar-refractivity contribution in [2.75, 3.05) is 5.73 Å². The number of benzene rings is 2. The molecule has 1 heterocycles. The van der Waals surface area contributed by atoms with E-state index in [1.165, 1.54) is 6.07 Å². The fourth-order valence-corrected chi connectivity index (χ4v) is 2.52. The molecule has 0 atom stereocenters. The lowest BCUT2D eigenvalue weighted by atomic mass is 10.1. The summed E-state index contributed by atoms with van der Waals surface area (Å²) in [5.41, 5.74) is 9.79. The van der Waals surface area contributed by atoms with Crippen LogP contribution >= 0.6 is 0 Å². The lowest BCUT2D eigenvalue weighted by molar-refractivity contribution is 0.637. The maximum absolute atomic E-state index is 13.9. The van der Waals surface area contributed by atoms with Crippen molar-refractivity contribution in [2.24, 2.45) is 0 Å². The molecule has 2 aromatic carbocycles. The van der Waals surface area contributed by atoms with Crippen molar-refractivity contribution in [3.8, 4) is 11.4 Å². The summed E-state index contributed by atoms with van der Waals surface area (Å²) >= 11 is 0. The fourth-order valence-electron chi connectivity index (χ4n) is 2.52. The Bertz CT molecular complexity index is 790. The number of hydrogen-bond acceptors (Lipinski definition) is 2. The van der Waals surface area contributed by atoms with Crippen LogP contribution in [0.3, 0.4) is 0 Å². The van der Waals surface area contributed by atoms with Gasteiger partial charge >= 0.3 is 0 Å². The Morgan fingerprint density at radius 1 is 1.25 bits per heavy atom. The first kappa shape index (κ1) is 12.7. The largest absolute Gasteiger partial charge is 0.399 e. The van der Waals surface area contributed by atoms with Crippen molar-refractivity contribution >= 4 is 16.7 Å². The molecule has 0 amide bonds. The normalized spacial score (nSPS) is 11.2. The monoisotopic (exact) mass is 269 g/mol. The maximum Gasteiger partial charge on any atom is 0.151 e. The Morgan fingerprint density at radius 2 is 2.05 bits per heavy atom. The van der Waals surface area contributed by atoms with Gasteiger partial charge in [-0.15, -0.1) is 0 Å². The van der Waals surface area contributed by atoms with Crippen molar-refractivity contribution in [1.82, 2.24) is 9.55 Å². The summed E-state index contributed by atoms with van der Waals surface area (Å²) in [7, 11) is 0. The average Bonchev–Trinajstić information content (AvgIpc) is 2.81. The molecule has 20 heavy (non-hydrogen) atoms. The molecule has 0 aliphatic heterocycles. The van der Waals surface area contributed by atoms with Crippen LogP contribution in [0.5, 0.6) is 0 Å². The van der Waals surface area contributed by atoms with Crippen LogP contribution in [0.4, 0.5) is 10.1 Å². The number of nitrogen functional groups attached to an aromatic ring is 1. The number of nitrogens with zero attached hydrogens (tertiary/aromatic N) is 2. The van der Waals surface area contributed by atoms with Gasteiger partial charge in [0.05, 0.1) is 5.52 Å². The number of anilines is 1. The minimum absolute atomic E-state index is 0.294. The Labute approximate surface area is 116 Å². The van der Waals surface area contributed by atoms with Gasteiger partial charge in [0.15, 0.2) is 5.82 Å². The lowest BCUT2D eigenvalue weighted by Gasteiger charge is -2.09. The molecular weight excluding hydrogens is 253 g/mol. The van der Waals surface area contributed by atoms with Crippen molar-refractivity contribution in [3.05, 3.63) is 47.8 Å². The van der Waals surface area contributed by atoms with Gasteiger partial charge < -0.3 is 10.3 Å². The van der Waals surface area contributed by atoms with Gasteiger partial charge in [-0.25, -0.2) is 9.37 Å². The number of para-hydroxylation sites is 1. The second-order valence-electron chi connectivity index (χ2n) is 4.86. The highest BCUT2D eigenvalue weighted by atomic mass is 19.1. The first-order valence-electron chi connectivity index (χ1n) is 6.63. The smallest absolute Gasteiger partial charge is 0.151 e. The van der Waals surface area contributed by atoms with Crippen LogP contribution < -0.4 is 5.73 Å². The summed E-state index contributed by atoms with van der Waals surface area (Å²) in [5.74, 6) is 0.468. The third-order valence-corrected chi connectivity index (χ3v) is 3.55. The highest BCUT2D eigenvalue weighted by Crippen LogP contribution is 2.29. The lowest BCUT2D eigenvalue weighted by Crippen LogP contribution is -1.99. The Balaban J connectivity index is 2.36. The zero-order valence-electron chi connectivity index (χ0n) is 11.5. The van der Waals surface area contributed by atoms with E-state index in [1.807, 2.05) is 42.7 Å². The summed E-state index contributed by atoms with van der Waals surface area (Å²) in [6, 6.07) is 10.7. The summed E-state index contributed by atoms with van der Waals surface area (Å²) < 4.78 is 15.9. The summed E-state index contributed by atoms with van der Waals surface area (Å²) in [5, 5.41) is 0. The van der Waals surface area contributed by atoms with E-state index in [2.05, 4.69) is 4.98 Å². The molecule has 0 spiro atoms. The van der Waals surface area contributed by atoms with Crippen LogP contribution in [0.2, 0.25) is 0 Å². The van der Waals surface area contributed by atoms with E-state index in [-0.39, 0.29) is 5.82 Å². The van der Waals surface area contributed by atoms with Gasteiger partial charge in [0.25, 0.3) is 0 Å². The van der Waals surface area contributed by atoms with E-state index in [0.29, 0.717) is 11.2 Å². The zero-order valence-corrected chi connectivity index (χ0v) is 11.5. The van der Waals surface area contributed by atoms with E-state index in [0.717, 1.165) is 29.0 Å². The van der Waals surface area contributed by atoms with E-state index in [9.17, 15) is 4.39 Å². The number of hydrogen-bond donors (Lipinski definition) is 1. The van der Waals surface area contributed by atoms with Crippen molar-refractivity contribution in [2.45, 2.75) is 20.4 Å². The predicted molar refractivity (Wildman–Crippen MR) is 80.0 cm³/mol. The maximum atomic E-state index is 13.9. The Hall–Kier alpha value is -2.36. The number of rotatable bonds is 2. The highest BCUT2D eigenvalue weighted by molar-refractivity contribution is 5.82. The zero-order chi connectivity index (χ0) is 14.3. The van der Waals surface area contributed by atoms with Gasteiger partial charge in [0.1, 0.15) is 11.3 Å². The second-order valence-corrected chi connectivity index (χ2v) is 4.86. The predicted octanol–water partition coefficient (Wildman–Crippen LogP) is 3.75. The molecular formula is C16H16FN3. The summed E-state index contributed by atoms with van der Waals surface area (Å²) in [6.45, 7) is 4.76. The number of aryl methyl sites for hydroxylation is 2. The van der Waals surface area contributed by atoms with Crippen LogP contribution in [0, 0.1) is 12.7 Å². The van der Waals surface area contributed by atoms with Crippen LogP contribution in [0.1, 0.15) is 12.5 Å². The molecule has 3 aromatic rings. The molecule has 3 nitrogen and oxygen atoms in total. The number of imidazole rings is 1. The third-order valence-electron chi connectivity index (χ3n) is 3.55. The number of halogens is 1. The van der Waals surface area contributed by atoms with Gasteiger partial charge in [-0.05, 0) is 43.7 Å². The van der Waals surface area contributed by atoms with Crippen molar-refractivity contribution in [3.63, 3.8) is 0 Å². The van der Waals surface area contributed by atoms with E-state index in [4.69, 9.17) is 5.73 Å². The van der Waals surface area contributed by atoms with Crippen molar-refractivity contribution in [1.29, 1.82) is 0 Å². The summed E-state index contributed by atoms with van der Waals surface area (Å²) in [6.07, 6.45) is 0. The topological polar surface area (TPSA) is 43.8 Å². The first-order chi connectivity index (χ1) is 9.61. The SMILES string of the molecule is CCn1c(-c2cc(N)ccc2C)nc2c(F)cccc21. The van der Waals surface area contributed by atoms with Gasteiger partial charge in [-0.1, -0.05) is 12.1 Å². The van der Waals surface area contributed by atoms with E-state index in [1.54, 1.807) is 6.07 Å². The minimum Gasteiger partial charge on any atom is -0.399 e. The molecule has 0 bridgehead atoms. The Kier molecular flexibility index (Phi) is 2.93. The molecule has 2 N–H and O–H groups in total.